The molecule has 2 aliphatic rings. The van der Waals surface area contributed by atoms with Crippen LogP contribution in [-0.2, 0) is 20.2 Å². The Bertz CT molecular complexity index is 927. The van der Waals surface area contributed by atoms with E-state index in [1.165, 1.54) is 4.31 Å². The Morgan fingerprint density at radius 2 is 1.68 bits per heavy atom. The van der Waals surface area contributed by atoms with E-state index in [0.29, 0.717) is 19.4 Å². The molecule has 130 valence electrons. The van der Waals surface area contributed by atoms with E-state index in [9.17, 15) is 13.2 Å². The molecule has 2 heterocycles. The number of fused-ring (bicyclic) bond motifs is 2. The fourth-order valence-electron chi connectivity index (χ4n) is 4.07. The molecule has 4 rings (SSSR count). The van der Waals surface area contributed by atoms with Gasteiger partial charge in [0, 0.05) is 25.8 Å². The number of hydrogen-bond acceptors (Lipinski definition) is 3. The van der Waals surface area contributed by atoms with Crippen LogP contribution in [-0.4, -0.2) is 38.8 Å². The van der Waals surface area contributed by atoms with E-state index in [1.807, 2.05) is 24.3 Å². The summed E-state index contributed by atoms with van der Waals surface area (Å²) < 4.78 is 27.5. The van der Waals surface area contributed by atoms with Gasteiger partial charge in [-0.15, -0.1) is 0 Å². The first kappa shape index (κ1) is 16.3. The van der Waals surface area contributed by atoms with Crippen molar-refractivity contribution in [1.82, 2.24) is 4.31 Å². The average Bonchev–Trinajstić information content (AvgIpc) is 2.85. The number of piperidine rings is 1. The van der Waals surface area contributed by atoms with Crippen molar-refractivity contribution < 1.29 is 13.2 Å². The lowest BCUT2D eigenvalue weighted by Gasteiger charge is -2.38. The van der Waals surface area contributed by atoms with Crippen molar-refractivity contribution in [3.05, 3.63) is 60.2 Å². The molecule has 1 spiro atoms. The molecule has 6 heteroatoms. The maximum Gasteiger partial charge on any atom is 0.243 e. The van der Waals surface area contributed by atoms with E-state index in [4.69, 9.17) is 0 Å². The summed E-state index contributed by atoms with van der Waals surface area (Å²) in [6.45, 7) is 0.641. The maximum atomic E-state index is 13.1. The Kier molecular flexibility index (Phi) is 3.70. The number of sulfonamides is 1. The van der Waals surface area contributed by atoms with Gasteiger partial charge in [-0.25, -0.2) is 8.42 Å². The minimum atomic E-state index is -3.61. The van der Waals surface area contributed by atoms with Gasteiger partial charge in [-0.05, 0) is 36.6 Å². The second-order valence-corrected chi connectivity index (χ2v) is 8.66. The number of anilines is 1. The zero-order valence-electron chi connectivity index (χ0n) is 14.1. The van der Waals surface area contributed by atoms with Crippen LogP contribution in [0.1, 0.15) is 18.4 Å². The summed E-state index contributed by atoms with van der Waals surface area (Å²) in [5.74, 6) is -0.0124. The molecule has 1 fully saturated rings. The van der Waals surface area contributed by atoms with E-state index in [1.54, 1.807) is 42.3 Å². The number of amides is 1. The van der Waals surface area contributed by atoms with Crippen molar-refractivity contribution in [2.24, 2.45) is 0 Å². The largest absolute Gasteiger partial charge is 0.314 e. The number of benzene rings is 2. The number of rotatable bonds is 2. The summed E-state index contributed by atoms with van der Waals surface area (Å²) in [6.07, 6.45) is 1.34. The van der Waals surface area contributed by atoms with Crippen molar-refractivity contribution in [3.8, 4) is 0 Å². The number of para-hydroxylation sites is 1. The molecule has 5 nitrogen and oxygen atoms in total. The van der Waals surface area contributed by atoms with Crippen LogP contribution in [0.4, 0.5) is 5.69 Å². The van der Waals surface area contributed by atoms with Crippen molar-refractivity contribution in [3.63, 3.8) is 0 Å². The molecule has 0 aromatic heterocycles. The highest BCUT2D eigenvalue weighted by atomic mass is 32.2. The first-order valence-electron chi connectivity index (χ1n) is 8.40. The van der Waals surface area contributed by atoms with Gasteiger partial charge < -0.3 is 4.90 Å². The number of hydrogen-bond donors (Lipinski definition) is 0. The van der Waals surface area contributed by atoms with Crippen molar-refractivity contribution in [2.75, 3.05) is 25.0 Å². The number of carbonyl (C=O) groups is 1. The van der Waals surface area contributed by atoms with Crippen LogP contribution >= 0.6 is 0 Å². The van der Waals surface area contributed by atoms with E-state index in [-0.39, 0.29) is 17.3 Å². The Morgan fingerprint density at radius 1 is 1.00 bits per heavy atom. The normalized spacial score (nSPS) is 23.9. The first-order valence-corrected chi connectivity index (χ1v) is 9.84. The monoisotopic (exact) mass is 356 g/mol. The third kappa shape index (κ3) is 2.32. The van der Waals surface area contributed by atoms with Gasteiger partial charge in [0.2, 0.25) is 15.9 Å². The van der Waals surface area contributed by atoms with Crippen LogP contribution in [0.3, 0.4) is 0 Å². The molecule has 1 amide bonds. The summed E-state index contributed by atoms with van der Waals surface area (Å²) in [5.41, 5.74) is 1.05. The van der Waals surface area contributed by atoms with Gasteiger partial charge >= 0.3 is 0 Å². The molecule has 25 heavy (non-hydrogen) atoms. The molecule has 0 N–H and O–H groups in total. The third-order valence-electron chi connectivity index (χ3n) is 5.33. The summed E-state index contributed by atoms with van der Waals surface area (Å²) in [4.78, 5) is 15.0. The molecule has 0 aliphatic carbocycles. The van der Waals surface area contributed by atoms with E-state index >= 15 is 0 Å². The summed E-state index contributed by atoms with van der Waals surface area (Å²) in [6, 6.07) is 16.1. The van der Waals surface area contributed by atoms with E-state index in [0.717, 1.165) is 11.3 Å². The molecule has 0 saturated carbocycles. The Hall–Kier alpha value is -2.18. The van der Waals surface area contributed by atoms with Crippen molar-refractivity contribution in [1.29, 1.82) is 0 Å². The number of likely N-dealkylation sites (N-methyl/N-ethyl adjacent to an activating group) is 1. The van der Waals surface area contributed by atoms with Gasteiger partial charge in [0.15, 0.2) is 0 Å². The average molecular weight is 356 g/mol. The fourth-order valence-corrected chi connectivity index (χ4v) is 5.63. The summed E-state index contributed by atoms with van der Waals surface area (Å²) >= 11 is 0. The second-order valence-electron chi connectivity index (χ2n) is 6.72. The quantitative estimate of drug-likeness (QED) is 0.830. The molecular weight excluding hydrogens is 336 g/mol. The minimum absolute atomic E-state index is 0.0124. The maximum absolute atomic E-state index is 13.1. The van der Waals surface area contributed by atoms with Crippen LogP contribution in [0.25, 0.3) is 0 Å². The van der Waals surface area contributed by atoms with E-state index < -0.39 is 15.4 Å². The van der Waals surface area contributed by atoms with Crippen LogP contribution in [0.2, 0.25) is 0 Å². The van der Waals surface area contributed by atoms with Crippen molar-refractivity contribution >= 4 is 21.6 Å². The Morgan fingerprint density at radius 3 is 2.44 bits per heavy atom. The molecule has 0 bridgehead atoms. The van der Waals surface area contributed by atoms with Gasteiger partial charge in [-0.3, -0.25) is 4.79 Å². The van der Waals surface area contributed by atoms with Gasteiger partial charge in [-0.2, -0.15) is 4.31 Å². The highest BCUT2D eigenvalue weighted by molar-refractivity contribution is 7.89. The molecule has 2 aromatic rings. The van der Waals surface area contributed by atoms with Gasteiger partial charge in [0.25, 0.3) is 0 Å². The van der Waals surface area contributed by atoms with Crippen LogP contribution in [0.15, 0.2) is 59.5 Å². The van der Waals surface area contributed by atoms with Gasteiger partial charge in [0.1, 0.15) is 0 Å². The number of carbonyl (C=O) groups excluding carboxylic acids is 1. The molecule has 1 atom stereocenters. The number of nitrogens with zero attached hydrogens (tertiary/aromatic N) is 2. The highest BCUT2D eigenvalue weighted by Gasteiger charge is 2.53. The zero-order valence-corrected chi connectivity index (χ0v) is 14.9. The topological polar surface area (TPSA) is 57.7 Å². The Balaban J connectivity index is 1.76. The molecular formula is C19H20N2O3S. The van der Waals surface area contributed by atoms with Crippen LogP contribution < -0.4 is 4.90 Å². The lowest BCUT2D eigenvalue weighted by Crippen LogP contribution is -2.53. The third-order valence-corrected chi connectivity index (χ3v) is 7.19. The molecule has 0 radical (unpaired) electrons. The lowest BCUT2D eigenvalue weighted by molar-refractivity contribution is -0.124. The summed E-state index contributed by atoms with van der Waals surface area (Å²) in [7, 11) is -1.84. The molecule has 1 saturated heterocycles. The van der Waals surface area contributed by atoms with Crippen LogP contribution in [0, 0.1) is 0 Å². The summed E-state index contributed by atoms with van der Waals surface area (Å²) in [5, 5.41) is 0. The lowest BCUT2D eigenvalue weighted by atomic mass is 9.76. The Labute approximate surface area is 147 Å². The molecule has 0 unspecified atom stereocenters. The minimum Gasteiger partial charge on any atom is -0.314 e. The predicted octanol–water partition coefficient (Wildman–Crippen LogP) is 2.39. The van der Waals surface area contributed by atoms with Crippen LogP contribution in [0.5, 0.6) is 0 Å². The van der Waals surface area contributed by atoms with Gasteiger partial charge in [0.05, 0.1) is 10.3 Å². The SMILES string of the molecule is CN1C(=O)[C@]2(CCCN(S(=O)(=O)c3ccccc3)C2)c2ccccc21. The highest BCUT2D eigenvalue weighted by Crippen LogP contribution is 2.46. The first-order chi connectivity index (χ1) is 12.0. The zero-order chi connectivity index (χ0) is 17.7. The van der Waals surface area contributed by atoms with Crippen molar-refractivity contribution in [2.45, 2.75) is 23.2 Å². The van der Waals surface area contributed by atoms with Gasteiger partial charge in [-0.1, -0.05) is 36.4 Å². The fraction of sp³-hybridized carbons (Fsp3) is 0.316. The standard InChI is InChI=1S/C19H20N2O3S/c1-20-17-11-6-5-10-16(17)19(18(20)22)12-7-13-21(14-19)25(23,24)15-8-3-2-4-9-15/h2-6,8-11H,7,12-14H2,1H3/t19-/m0/s1. The van der Waals surface area contributed by atoms with E-state index in [2.05, 4.69) is 0 Å². The molecule has 2 aliphatic heterocycles. The second kappa shape index (κ2) is 5.68. The molecule has 2 aromatic carbocycles. The predicted molar refractivity (Wildman–Crippen MR) is 96.0 cm³/mol. The smallest absolute Gasteiger partial charge is 0.243 e.